The van der Waals surface area contributed by atoms with Gasteiger partial charge in [-0.1, -0.05) is 12.8 Å². The Bertz CT molecular complexity index is 483. The Morgan fingerprint density at radius 1 is 1.17 bits per heavy atom. The third kappa shape index (κ3) is 4.55. The van der Waals surface area contributed by atoms with E-state index in [-0.39, 0.29) is 18.4 Å². The van der Waals surface area contributed by atoms with Crippen LogP contribution in [0.1, 0.15) is 31.2 Å². The third-order valence-electron chi connectivity index (χ3n) is 5.29. The van der Waals surface area contributed by atoms with Crippen molar-refractivity contribution in [2.45, 2.75) is 32.1 Å². The highest BCUT2D eigenvalue weighted by molar-refractivity contribution is 7.07. The van der Waals surface area contributed by atoms with Gasteiger partial charge in [0.2, 0.25) is 5.91 Å². The fourth-order valence-electron chi connectivity index (χ4n) is 3.89. The monoisotopic (exact) mass is 336 g/mol. The second kappa shape index (κ2) is 8.27. The van der Waals surface area contributed by atoms with E-state index < -0.39 is 0 Å². The zero-order valence-electron chi connectivity index (χ0n) is 13.8. The van der Waals surface area contributed by atoms with E-state index in [1.807, 2.05) is 21.7 Å². The summed E-state index contributed by atoms with van der Waals surface area (Å²) in [6.07, 6.45) is 5.76. The van der Waals surface area contributed by atoms with Crippen LogP contribution in [0.4, 0.5) is 0 Å². The molecule has 2 fully saturated rings. The van der Waals surface area contributed by atoms with E-state index in [4.69, 9.17) is 0 Å². The summed E-state index contributed by atoms with van der Waals surface area (Å²) >= 11 is 1.64. The first-order valence-electron chi connectivity index (χ1n) is 8.88. The second-order valence-corrected chi connectivity index (χ2v) is 7.80. The third-order valence-corrected chi connectivity index (χ3v) is 6.02. The maximum Gasteiger partial charge on any atom is 0.227 e. The highest BCUT2D eigenvalue weighted by atomic mass is 32.1. The van der Waals surface area contributed by atoms with Gasteiger partial charge in [-0.15, -0.1) is 0 Å². The van der Waals surface area contributed by atoms with Crippen LogP contribution in [-0.2, 0) is 11.2 Å². The van der Waals surface area contributed by atoms with Gasteiger partial charge in [0.25, 0.3) is 0 Å². The van der Waals surface area contributed by atoms with Gasteiger partial charge in [-0.2, -0.15) is 11.3 Å². The lowest BCUT2D eigenvalue weighted by atomic mass is 9.96. The molecule has 0 unspecified atom stereocenters. The van der Waals surface area contributed by atoms with Crippen molar-refractivity contribution in [2.24, 2.45) is 11.8 Å². The lowest BCUT2D eigenvalue weighted by Gasteiger charge is -2.26. The van der Waals surface area contributed by atoms with Crippen LogP contribution in [0.5, 0.6) is 0 Å². The van der Waals surface area contributed by atoms with Crippen molar-refractivity contribution in [3.63, 3.8) is 0 Å². The Morgan fingerprint density at radius 2 is 1.91 bits per heavy atom. The number of nitrogens with zero attached hydrogens (tertiary/aromatic N) is 2. The average Bonchev–Trinajstić information content (AvgIpc) is 3.12. The van der Waals surface area contributed by atoms with Crippen LogP contribution >= 0.6 is 11.3 Å². The van der Waals surface area contributed by atoms with E-state index in [0.717, 1.165) is 25.2 Å². The molecule has 2 atom stereocenters. The van der Waals surface area contributed by atoms with Crippen LogP contribution in [0.3, 0.4) is 0 Å². The standard InChI is InChI=1S/C18H28N2O2S/c21-13-17-12-20(18(22)9-15-5-8-23-14-15)11-16(17)10-19-6-3-1-2-4-7-19/h5,8,14,16-17,21H,1-4,6-7,9-13H2/t16-,17-/m0/s1. The van der Waals surface area contributed by atoms with Crippen LogP contribution < -0.4 is 0 Å². The fraction of sp³-hybridized carbons (Fsp3) is 0.722. The van der Waals surface area contributed by atoms with Crippen LogP contribution in [0.15, 0.2) is 16.8 Å². The van der Waals surface area contributed by atoms with E-state index in [1.54, 1.807) is 11.3 Å². The Labute approximate surface area is 143 Å². The van der Waals surface area contributed by atoms with Crippen LogP contribution in [0.25, 0.3) is 0 Å². The first-order chi connectivity index (χ1) is 11.3. The fourth-order valence-corrected chi connectivity index (χ4v) is 4.55. The van der Waals surface area contributed by atoms with Gasteiger partial charge in [-0.3, -0.25) is 4.79 Å². The van der Waals surface area contributed by atoms with Crippen molar-refractivity contribution in [3.8, 4) is 0 Å². The molecule has 0 spiro atoms. The molecule has 128 valence electrons. The number of likely N-dealkylation sites (tertiary alicyclic amines) is 2. The van der Waals surface area contributed by atoms with Gasteiger partial charge in [0.05, 0.1) is 6.42 Å². The minimum absolute atomic E-state index is 0.195. The van der Waals surface area contributed by atoms with E-state index in [1.165, 1.54) is 38.8 Å². The van der Waals surface area contributed by atoms with Gasteiger partial charge in [-0.05, 0) is 54.2 Å². The summed E-state index contributed by atoms with van der Waals surface area (Å²) in [5, 5.41) is 13.8. The summed E-state index contributed by atoms with van der Waals surface area (Å²) in [5.41, 5.74) is 1.11. The molecule has 0 aromatic carbocycles. The molecule has 5 heteroatoms. The number of aliphatic hydroxyl groups is 1. The number of hydrogen-bond donors (Lipinski definition) is 1. The Kier molecular flexibility index (Phi) is 6.08. The van der Waals surface area contributed by atoms with Gasteiger partial charge < -0.3 is 14.9 Å². The Balaban J connectivity index is 1.55. The van der Waals surface area contributed by atoms with Crippen molar-refractivity contribution in [3.05, 3.63) is 22.4 Å². The van der Waals surface area contributed by atoms with Crippen LogP contribution in [0, 0.1) is 11.8 Å². The quantitative estimate of drug-likeness (QED) is 0.897. The SMILES string of the molecule is O=C(Cc1ccsc1)N1C[C@@H](CO)[C@@H](CN2CCCCCC2)C1. The number of carbonyl (C=O) groups excluding carboxylic acids is 1. The molecular formula is C18H28N2O2S. The van der Waals surface area contributed by atoms with E-state index >= 15 is 0 Å². The van der Waals surface area contributed by atoms with Gasteiger partial charge in [0, 0.05) is 32.2 Å². The molecule has 3 heterocycles. The van der Waals surface area contributed by atoms with Gasteiger partial charge in [0.1, 0.15) is 0 Å². The number of rotatable bonds is 5. The predicted octanol–water partition coefficient (Wildman–Crippen LogP) is 2.23. The molecule has 0 saturated carbocycles. The maximum atomic E-state index is 12.5. The number of thiophene rings is 1. The van der Waals surface area contributed by atoms with E-state index in [9.17, 15) is 9.90 Å². The lowest BCUT2D eigenvalue weighted by molar-refractivity contribution is -0.129. The van der Waals surface area contributed by atoms with Crippen molar-refractivity contribution in [1.29, 1.82) is 0 Å². The molecule has 0 radical (unpaired) electrons. The molecule has 4 nitrogen and oxygen atoms in total. The number of aliphatic hydroxyl groups excluding tert-OH is 1. The molecule has 0 bridgehead atoms. The smallest absolute Gasteiger partial charge is 0.227 e. The number of carbonyl (C=O) groups is 1. The highest BCUT2D eigenvalue weighted by Gasteiger charge is 2.35. The van der Waals surface area contributed by atoms with E-state index in [0.29, 0.717) is 12.3 Å². The molecule has 1 aromatic rings. The summed E-state index contributed by atoms with van der Waals surface area (Å²) in [4.78, 5) is 17.0. The first kappa shape index (κ1) is 16.9. The predicted molar refractivity (Wildman–Crippen MR) is 93.6 cm³/mol. The summed E-state index contributed by atoms with van der Waals surface area (Å²) in [5.74, 6) is 0.870. The molecule has 1 aromatic heterocycles. The maximum absolute atomic E-state index is 12.5. The zero-order chi connectivity index (χ0) is 16.1. The molecule has 23 heavy (non-hydrogen) atoms. The molecule has 2 aliphatic heterocycles. The molecule has 1 amide bonds. The normalized spacial score (nSPS) is 26.4. The molecular weight excluding hydrogens is 308 g/mol. The zero-order valence-corrected chi connectivity index (χ0v) is 14.6. The average molecular weight is 337 g/mol. The number of hydrogen-bond acceptors (Lipinski definition) is 4. The van der Waals surface area contributed by atoms with Crippen molar-refractivity contribution in [2.75, 3.05) is 39.3 Å². The Hall–Kier alpha value is -0.910. The molecule has 0 aliphatic carbocycles. The summed E-state index contributed by atoms with van der Waals surface area (Å²) in [6.45, 7) is 5.12. The first-order valence-corrected chi connectivity index (χ1v) is 9.82. The molecule has 1 N–H and O–H groups in total. The summed E-state index contributed by atoms with van der Waals surface area (Å²) in [7, 11) is 0. The topological polar surface area (TPSA) is 43.8 Å². The number of amides is 1. The van der Waals surface area contributed by atoms with Crippen molar-refractivity contribution in [1.82, 2.24) is 9.80 Å². The molecule has 3 rings (SSSR count). The van der Waals surface area contributed by atoms with Gasteiger partial charge in [-0.25, -0.2) is 0 Å². The van der Waals surface area contributed by atoms with Gasteiger partial charge in [0.15, 0.2) is 0 Å². The lowest BCUT2D eigenvalue weighted by Crippen LogP contribution is -2.35. The molecule has 2 saturated heterocycles. The molecule has 2 aliphatic rings. The highest BCUT2D eigenvalue weighted by Crippen LogP contribution is 2.26. The minimum Gasteiger partial charge on any atom is -0.396 e. The Morgan fingerprint density at radius 3 is 2.57 bits per heavy atom. The van der Waals surface area contributed by atoms with Crippen molar-refractivity contribution < 1.29 is 9.90 Å². The largest absolute Gasteiger partial charge is 0.396 e. The minimum atomic E-state index is 0.195. The van der Waals surface area contributed by atoms with Gasteiger partial charge >= 0.3 is 0 Å². The van der Waals surface area contributed by atoms with Crippen LogP contribution in [-0.4, -0.2) is 60.1 Å². The summed E-state index contributed by atoms with van der Waals surface area (Å²) in [6, 6.07) is 2.02. The van der Waals surface area contributed by atoms with E-state index in [2.05, 4.69) is 4.90 Å². The second-order valence-electron chi connectivity index (χ2n) is 7.02. The van der Waals surface area contributed by atoms with Crippen LogP contribution in [0.2, 0.25) is 0 Å². The summed E-state index contributed by atoms with van der Waals surface area (Å²) < 4.78 is 0. The van der Waals surface area contributed by atoms with Crippen molar-refractivity contribution >= 4 is 17.2 Å².